The maximum atomic E-state index is 13.5. The predicted octanol–water partition coefficient (Wildman–Crippen LogP) is 3.14. The lowest BCUT2D eigenvalue weighted by Gasteiger charge is -2.09. The van der Waals surface area contributed by atoms with E-state index in [0.29, 0.717) is 28.7 Å². The van der Waals surface area contributed by atoms with Gasteiger partial charge >= 0.3 is 0 Å². The average molecular weight is 312 g/mol. The van der Waals surface area contributed by atoms with Crippen molar-refractivity contribution < 1.29 is 8.78 Å². The Balaban J connectivity index is 1.87. The van der Waals surface area contributed by atoms with Crippen molar-refractivity contribution in [3.05, 3.63) is 60.6 Å². The Morgan fingerprint density at radius 1 is 1.04 bits per heavy atom. The lowest BCUT2D eigenvalue weighted by atomic mass is 10.1. The van der Waals surface area contributed by atoms with Crippen molar-refractivity contribution in [1.29, 1.82) is 0 Å². The van der Waals surface area contributed by atoms with Crippen LogP contribution in [0.1, 0.15) is 0 Å². The Morgan fingerprint density at radius 2 is 1.87 bits per heavy atom. The number of imidazole rings is 1. The number of halogens is 2. The van der Waals surface area contributed by atoms with Gasteiger partial charge in [0.1, 0.15) is 23.1 Å². The molecule has 4 aromatic rings. The van der Waals surface area contributed by atoms with E-state index in [1.54, 1.807) is 35.1 Å². The highest BCUT2D eigenvalue weighted by Crippen LogP contribution is 2.24. The summed E-state index contributed by atoms with van der Waals surface area (Å²) in [6.07, 6.45) is 4.95. The van der Waals surface area contributed by atoms with Crippen molar-refractivity contribution in [2.75, 3.05) is 5.32 Å². The van der Waals surface area contributed by atoms with Crippen LogP contribution in [-0.4, -0.2) is 24.6 Å². The molecular weight excluding hydrogens is 302 g/mol. The fraction of sp³-hybridized carbons (Fsp3) is 0. The Hall–Kier alpha value is -3.29. The highest BCUT2D eigenvalue weighted by atomic mass is 19.1. The first-order valence-electron chi connectivity index (χ1n) is 6.76. The van der Waals surface area contributed by atoms with Crippen molar-refractivity contribution >= 4 is 17.4 Å². The molecule has 0 fully saturated rings. The van der Waals surface area contributed by atoms with Gasteiger partial charge in [-0.25, -0.2) is 18.7 Å². The number of nitrogens with one attached hydrogen (secondary N) is 2. The van der Waals surface area contributed by atoms with E-state index in [2.05, 4.69) is 25.5 Å². The number of aromatic amines is 1. The van der Waals surface area contributed by atoms with Crippen molar-refractivity contribution in [3.63, 3.8) is 0 Å². The molecule has 0 saturated heterocycles. The van der Waals surface area contributed by atoms with E-state index in [4.69, 9.17) is 0 Å². The van der Waals surface area contributed by atoms with Gasteiger partial charge in [-0.2, -0.15) is 5.10 Å². The van der Waals surface area contributed by atoms with Crippen LogP contribution in [0.15, 0.2) is 48.9 Å². The summed E-state index contributed by atoms with van der Waals surface area (Å²) < 4.78 is 28.6. The summed E-state index contributed by atoms with van der Waals surface area (Å²) in [7, 11) is 0. The van der Waals surface area contributed by atoms with E-state index in [1.807, 2.05) is 0 Å². The number of hydrogen-bond acceptors (Lipinski definition) is 4. The van der Waals surface area contributed by atoms with Gasteiger partial charge in [0.05, 0.1) is 11.9 Å². The molecule has 0 aliphatic rings. The highest BCUT2D eigenvalue weighted by Gasteiger charge is 2.11. The van der Waals surface area contributed by atoms with E-state index < -0.39 is 11.6 Å². The van der Waals surface area contributed by atoms with Crippen LogP contribution in [0.3, 0.4) is 0 Å². The molecule has 3 heterocycles. The second-order valence-corrected chi connectivity index (χ2v) is 4.87. The summed E-state index contributed by atoms with van der Waals surface area (Å²) in [6, 6.07) is 6.67. The van der Waals surface area contributed by atoms with E-state index in [9.17, 15) is 8.78 Å². The molecule has 0 aliphatic carbocycles. The van der Waals surface area contributed by atoms with Gasteiger partial charge in [0.2, 0.25) is 5.95 Å². The molecule has 0 atom stereocenters. The van der Waals surface area contributed by atoms with Crippen LogP contribution in [0.5, 0.6) is 0 Å². The number of fused-ring (bicyclic) bond motifs is 1. The van der Waals surface area contributed by atoms with E-state index >= 15 is 0 Å². The molecule has 2 N–H and O–H groups in total. The lowest BCUT2D eigenvalue weighted by Crippen LogP contribution is -2.03. The van der Waals surface area contributed by atoms with Crippen LogP contribution in [0.25, 0.3) is 16.9 Å². The summed E-state index contributed by atoms with van der Waals surface area (Å²) in [5.74, 6) is -0.236. The topological polar surface area (TPSA) is 70.9 Å². The molecule has 0 aliphatic heterocycles. The quantitative estimate of drug-likeness (QED) is 0.609. The maximum absolute atomic E-state index is 13.5. The third-order valence-corrected chi connectivity index (χ3v) is 3.30. The molecule has 8 heteroatoms. The second kappa shape index (κ2) is 5.16. The molecule has 0 bridgehead atoms. The zero-order valence-corrected chi connectivity index (χ0v) is 11.7. The smallest absolute Gasteiger partial charge is 0.214 e. The molecule has 1 aromatic carbocycles. The largest absolute Gasteiger partial charge is 0.310 e. The van der Waals surface area contributed by atoms with E-state index in [0.717, 1.165) is 6.07 Å². The monoisotopic (exact) mass is 312 g/mol. The molecule has 0 unspecified atom stereocenters. The molecule has 114 valence electrons. The minimum Gasteiger partial charge on any atom is -0.310 e. The van der Waals surface area contributed by atoms with Crippen molar-refractivity contribution in [2.24, 2.45) is 0 Å². The third kappa shape index (κ3) is 2.50. The summed E-state index contributed by atoms with van der Waals surface area (Å²) in [4.78, 5) is 8.64. The Morgan fingerprint density at radius 3 is 2.61 bits per heavy atom. The molecule has 0 radical (unpaired) electrons. The van der Waals surface area contributed by atoms with Gasteiger partial charge in [-0.3, -0.25) is 9.50 Å². The zero-order valence-electron chi connectivity index (χ0n) is 11.7. The van der Waals surface area contributed by atoms with Crippen LogP contribution in [0, 0.1) is 11.6 Å². The third-order valence-electron chi connectivity index (χ3n) is 3.30. The Kier molecular flexibility index (Phi) is 3.00. The number of aromatic nitrogens is 5. The van der Waals surface area contributed by atoms with Gasteiger partial charge in [-0.1, -0.05) is 0 Å². The Labute approximate surface area is 128 Å². The summed E-state index contributed by atoms with van der Waals surface area (Å²) in [6.45, 7) is 0. The summed E-state index contributed by atoms with van der Waals surface area (Å²) in [5.41, 5.74) is 1.34. The summed E-state index contributed by atoms with van der Waals surface area (Å²) in [5, 5.41) is 9.67. The van der Waals surface area contributed by atoms with Gasteiger partial charge in [0, 0.05) is 36.2 Å². The molecule has 6 nitrogen and oxygen atoms in total. The maximum Gasteiger partial charge on any atom is 0.214 e. The highest BCUT2D eigenvalue weighted by molar-refractivity contribution is 5.67. The first-order chi connectivity index (χ1) is 11.2. The molecule has 0 amide bonds. The van der Waals surface area contributed by atoms with Crippen molar-refractivity contribution in [2.45, 2.75) is 0 Å². The second-order valence-electron chi connectivity index (χ2n) is 4.87. The van der Waals surface area contributed by atoms with Crippen LogP contribution in [0.4, 0.5) is 20.5 Å². The zero-order chi connectivity index (χ0) is 15.8. The molecule has 23 heavy (non-hydrogen) atoms. The van der Waals surface area contributed by atoms with Gasteiger partial charge in [0.15, 0.2) is 0 Å². The SMILES string of the molecule is Fc1cc(F)cc(-c2cc3nccn3c(Nc3ccn[nH]3)n2)c1. The van der Waals surface area contributed by atoms with Crippen molar-refractivity contribution in [1.82, 2.24) is 24.6 Å². The first-order valence-corrected chi connectivity index (χ1v) is 6.76. The molecule has 0 saturated carbocycles. The fourth-order valence-electron chi connectivity index (χ4n) is 2.31. The number of benzene rings is 1. The van der Waals surface area contributed by atoms with Crippen molar-refractivity contribution in [3.8, 4) is 11.3 Å². The summed E-state index contributed by atoms with van der Waals surface area (Å²) >= 11 is 0. The van der Waals surface area contributed by atoms with E-state index in [-0.39, 0.29) is 0 Å². The van der Waals surface area contributed by atoms with Crippen LogP contribution >= 0.6 is 0 Å². The minimum absolute atomic E-state index is 0.334. The van der Waals surface area contributed by atoms with E-state index in [1.165, 1.54) is 12.1 Å². The predicted molar refractivity (Wildman–Crippen MR) is 80.2 cm³/mol. The normalized spacial score (nSPS) is 11.0. The number of H-pyrrole nitrogens is 1. The first kappa shape index (κ1) is 13.4. The molecule has 4 rings (SSSR count). The molecular formula is C15H10F2N6. The number of rotatable bonds is 3. The van der Waals surface area contributed by atoms with Gasteiger partial charge in [-0.15, -0.1) is 0 Å². The minimum atomic E-state index is -0.659. The number of hydrogen-bond donors (Lipinski definition) is 2. The molecule has 0 spiro atoms. The lowest BCUT2D eigenvalue weighted by molar-refractivity contribution is 0.584. The number of nitrogens with zero attached hydrogens (tertiary/aromatic N) is 4. The fourth-order valence-corrected chi connectivity index (χ4v) is 2.31. The number of anilines is 2. The molecule has 3 aromatic heterocycles. The van der Waals surface area contributed by atoms with Gasteiger partial charge in [0.25, 0.3) is 0 Å². The van der Waals surface area contributed by atoms with Crippen LogP contribution in [0.2, 0.25) is 0 Å². The van der Waals surface area contributed by atoms with Gasteiger partial charge < -0.3 is 5.32 Å². The standard InChI is InChI=1S/C15H10F2N6/c16-10-5-9(6-11(17)7-10)12-8-14-18-3-4-23(14)15(20-12)21-13-1-2-19-22-13/h1-8H,(H2,19,20,21,22). The average Bonchev–Trinajstić information content (AvgIpc) is 3.17. The Bertz CT molecular complexity index is 957. The van der Waals surface area contributed by atoms with Gasteiger partial charge in [-0.05, 0) is 12.1 Å². The van der Waals surface area contributed by atoms with Crippen LogP contribution in [-0.2, 0) is 0 Å². The van der Waals surface area contributed by atoms with Crippen LogP contribution < -0.4 is 5.32 Å².